The van der Waals surface area contributed by atoms with E-state index < -0.39 is 15.1 Å². The zero-order chi connectivity index (χ0) is 12.0. The molecule has 0 radical (unpaired) electrons. The van der Waals surface area contributed by atoms with E-state index in [0.717, 1.165) is 4.47 Å². The molecule has 7 heteroatoms. The van der Waals surface area contributed by atoms with Crippen molar-refractivity contribution < 1.29 is 8.42 Å². The van der Waals surface area contributed by atoms with Crippen LogP contribution < -0.4 is 0 Å². The lowest BCUT2D eigenvalue weighted by atomic mass is 10.2. The Labute approximate surface area is 107 Å². The number of hydrogen-bond acceptors (Lipinski definition) is 4. The van der Waals surface area contributed by atoms with Gasteiger partial charge in [-0.2, -0.15) is 0 Å². The lowest BCUT2D eigenvalue weighted by Crippen LogP contribution is -2.11. The van der Waals surface area contributed by atoms with Crippen molar-refractivity contribution in [3.8, 4) is 0 Å². The van der Waals surface area contributed by atoms with Crippen LogP contribution in [0.1, 0.15) is 23.9 Å². The van der Waals surface area contributed by atoms with E-state index >= 15 is 0 Å². The number of pyridine rings is 1. The van der Waals surface area contributed by atoms with Crippen LogP contribution in [0.4, 0.5) is 0 Å². The van der Waals surface area contributed by atoms with E-state index in [9.17, 15) is 8.42 Å². The second-order valence-electron chi connectivity index (χ2n) is 4.13. The monoisotopic (exact) mass is 315 g/mol. The van der Waals surface area contributed by atoms with Gasteiger partial charge in [0.1, 0.15) is 5.25 Å². The van der Waals surface area contributed by atoms with Gasteiger partial charge >= 0.3 is 0 Å². The van der Waals surface area contributed by atoms with Crippen molar-refractivity contribution in [3.05, 3.63) is 28.6 Å². The molecule has 17 heavy (non-hydrogen) atoms. The van der Waals surface area contributed by atoms with Gasteiger partial charge in [0.15, 0.2) is 21.3 Å². The first-order valence-electron chi connectivity index (χ1n) is 5.30. The molecule has 1 unspecified atom stereocenters. The molecule has 0 bridgehead atoms. The lowest BCUT2D eigenvalue weighted by molar-refractivity contribution is 0.588. The molecule has 0 aromatic carbocycles. The molecule has 1 aliphatic rings. The van der Waals surface area contributed by atoms with E-state index in [1.165, 1.54) is 0 Å². The number of rotatable bonds is 1. The van der Waals surface area contributed by atoms with Gasteiger partial charge in [-0.05, 0) is 40.9 Å². The molecule has 0 spiro atoms. The summed E-state index contributed by atoms with van der Waals surface area (Å²) in [5, 5.41) is 7.52. The maximum atomic E-state index is 11.9. The number of fused-ring (bicyclic) bond motifs is 1. The van der Waals surface area contributed by atoms with Crippen LogP contribution >= 0.6 is 15.9 Å². The highest BCUT2D eigenvalue weighted by atomic mass is 79.9. The normalized spacial score (nSPS) is 23.2. The Morgan fingerprint density at radius 1 is 1.35 bits per heavy atom. The Kier molecular flexibility index (Phi) is 2.48. The Bertz CT molecular complexity index is 680. The van der Waals surface area contributed by atoms with Gasteiger partial charge in [-0.25, -0.2) is 8.42 Å². The molecular formula is C10H10BrN3O2S. The fraction of sp³-hybridized carbons (Fsp3) is 0.400. The second-order valence-corrected chi connectivity index (χ2v) is 7.35. The van der Waals surface area contributed by atoms with Crippen molar-refractivity contribution in [2.75, 3.05) is 5.75 Å². The van der Waals surface area contributed by atoms with Gasteiger partial charge < -0.3 is 0 Å². The summed E-state index contributed by atoms with van der Waals surface area (Å²) < 4.78 is 26.4. The minimum absolute atomic E-state index is 0.251. The molecule has 2 aromatic rings. The summed E-state index contributed by atoms with van der Waals surface area (Å²) in [6, 6.07) is 3.67. The van der Waals surface area contributed by atoms with Crippen LogP contribution in [0.5, 0.6) is 0 Å². The van der Waals surface area contributed by atoms with Crippen LogP contribution in [0.15, 0.2) is 22.8 Å². The van der Waals surface area contributed by atoms with Crippen LogP contribution in [0, 0.1) is 0 Å². The van der Waals surface area contributed by atoms with E-state index in [0.29, 0.717) is 24.3 Å². The fourth-order valence-electron chi connectivity index (χ4n) is 2.18. The average molecular weight is 316 g/mol. The zero-order valence-corrected chi connectivity index (χ0v) is 11.3. The van der Waals surface area contributed by atoms with Gasteiger partial charge in [-0.15, -0.1) is 10.2 Å². The molecule has 0 N–H and O–H groups in total. The maximum Gasteiger partial charge on any atom is 0.160 e. The van der Waals surface area contributed by atoms with Gasteiger partial charge in [-0.1, -0.05) is 0 Å². The molecule has 3 rings (SSSR count). The van der Waals surface area contributed by atoms with Crippen molar-refractivity contribution in [1.29, 1.82) is 0 Å². The van der Waals surface area contributed by atoms with E-state index in [4.69, 9.17) is 0 Å². The minimum atomic E-state index is -3.05. The molecule has 2 aromatic heterocycles. The van der Waals surface area contributed by atoms with Crippen molar-refractivity contribution >= 4 is 31.4 Å². The highest BCUT2D eigenvalue weighted by Gasteiger charge is 2.36. The van der Waals surface area contributed by atoms with E-state index in [1.54, 1.807) is 10.6 Å². The first-order valence-corrected chi connectivity index (χ1v) is 7.80. The Hall–Kier alpha value is -0.950. The molecule has 1 fully saturated rings. The van der Waals surface area contributed by atoms with Gasteiger partial charge in [0.05, 0.1) is 5.75 Å². The SMILES string of the molecule is O=S1(=O)CCCC1c1nnc2ccc(Br)cn12. The zero-order valence-electron chi connectivity index (χ0n) is 8.88. The largest absolute Gasteiger partial charge is 0.284 e. The minimum Gasteiger partial charge on any atom is -0.284 e. The molecule has 1 saturated heterocycles. The van der Waals surface area contributed by atoms with Crippen LogP contribution in [-0.2, 0) is 9.84 Å². The summed E-state index contributed by atoms with van der Waals surface area (Å²) in [4.78, 5) is 0. The Balaban J connectivity index is 2.21. The van der Waals surface area contributed by atoms with Crippen molar-refractivity contribution in [3.63, 3.8) is 0 Å². The second kappa shape index (κ2) is 3.78. The summed E-state index contributed by atoms with van der Waals surface area (Å²) in [7, 11) is -3.05. The van der Waals surface area contributed by atoms with Gasteiger partial charge in [0.2, 0.25) is 0 Å². The van der Waals surface area contributed by atoms with E-state index in [2.05, 4.69) is 26.1 Å². The highest BCUT2D eigenvalue weighted by Crippen LogP contribution is 2.33. The molecule has 90 valence electrons. The highest BCUT2D eigenvalue weighted by molar-refractivity contribution is 9.10. The van der Waals surface area contributed by atoms with E-state index in [1.807, 2.05) is 12.1 Å². The molecule has 0 aliphatic carbocycles. The predicted molar refractivity (Wildman–Crippen MR) is 66.4 cm³/mol. The quantitative estimate of drug-likeness (QED) is 0.804. The third-order valence-corrected chi connectivity index (χ3v) is 5.65. The number of aromatic nitrogens is 3. The smallest absolute Gasteiger partial charge is 0.160 e. The van der Waals surface area contributed by atoms with Crippen LogP contribution in [0.25, 0.3) is 5.65 Å². The van der Waals surface area contributed by atoms with Crippen LogP contribution in [-0.4, -0.2) is 28.8 Å². The molecule has 3 heterocycles. The fourth-order valence-corrected chi connectivity index (χ4v) is 4.38. The van der Waals surface area contributed by atoms with Crippen LogP contribution in [0.3, 0.4) is 0 Å². The topological polar surface area (TPSA) is 64.3 Å². The summed E-state index contributed by atoms with van der Waals surface area (Å²) in [6.07, 6.45) is 3.14. The molecule has 0 saturated carbocycles. The van der Waals surface area contributed by atoms with Crippen LogP contribution in [0.2, 0.25) is 0 Å². The molecule has 5 nitrogen and oxygen atoms in total. The predicted octanol–water partition coefficient (Wildman–Crippen LogP) is 1.74. The number of sulfone groups is 1. The average Bonchev–Trinajstić information content (AvgIpc) is 2.80. The standard InChI is InChI=1S/C10H10BrN3O2S/c11-7-3-4-9-12-13-10(14(9)6-7)8-2-1-5-17(8,15)16/h3-4,6,8H,1-2,5H2. The van der Waals surface area contributed by atoms with Crippen molar-refractivity contribution in [2.45, 2.75) is 18.1 Å². The molecular weight excluding hydrogens is 306 g/mol. The van der Waals surface area contributed by atoms with Gasteiger partial charge in [0, 0.05) is 10.7 Å². The van der Waals surface area contributed by atoms with Crippen molar-refractivity contribution in [2.24, 2.45) is 0 Å². The summed E-state index contributed by atoms with van der Waals surface area (Å²) in [6.45, 7) is 0. The van der Waals surface area contributed by atoms with Gasteiger partial charge in [-0.3, -0.25) is 4.40 Å². The summed E-state index contributed by atoms with van der Waals surface area (Å²) in [5.74, 6) is 0.777. The third-order valence-electron chi connectivity index (χ3n) is 3.01. The number of hydrogen-bond donors (Lipinski definition) is 0. The molecule has 0 amide bonds. The number of nitrogens with zero attached hydrogens (tertiary/aromatic N) is 3. The van der Waals surface area contributed by atoms with E-state index in [-0.39, 0.29) is 5.75 Å². The van der Waals surface area contributed by atoms with Gasteiger partial charge in [0.25, 0.3) is 0 Å². The number of halogens is 1. The molecule has 1 atom stereocenters. The first kappa shape index (κ1) is 11.2. The Morgan fingerprint density at radius 2 is 2.18 bits per heavy atom. The Morgan fingerprint density at radius 3 is 2.88 bits per heavy atom. The first-order chi connectivity index (χ1) is 8.08. The van der Waals surface area contributed by atoms with Crippen molar-refractivity contribution in [1.82, 2.24) is 14.6 Å². The molecule has 1 aliphatic heterocycles. The summed E-state index contributed by atoms with van der Waals surface area (Å²) >= 11 is 3.36. The lowest BCUT2D eigenvalue weighted by Gasteiger charge is -2.07. The summed E-state index contributed by atoms with van der Waals surface area (Å²) in [5.41, 5.74) is 0.672. The maximum absolute atomic E-state index is 11.9. The third kappa shape index (κ3) is 1.77.